The molecule has 1 aromatic carbocycles. The van der Waals surface area contributed by atoms with Crippen molar-refractivity contribution >= 4 is 29.0 Å². The Bertz CT molecular complexity index is 498. The number of nitrogen functional groups attached to an aromatic ring is 1. The summed E-state index contributed by atoms with van der Waals surface area (Å²) in [5.74, 6) is 0. The largest absolute Gasteiger partial charge is 0.429 e. The van der Waals surface area contributed by atoms with Gasteiger partial charge >= 0.3 is 0 Å². The molecule has 0 saturated carbocycles. The lowest BCUT2D eigenvalue weighted by Crippen LogP contribution is -1.88. The maximum Gasteiger partial charge on any atom is 0.266 e. The van der Waals surface area contributed by atoms with Crippen molar-refractivity contribution in [1.82, 2.24) is 4.98 Å². The number of aromatic nitrogens is 1. The van der Waals surface area contributed by atoms with Crippen LogP contribution in [0.15, 0.2) is 16.5 Å². The third kappa shape index (κ3) is 1.33. The number of oxazole rings is 1. The van der Waals surface area contributed by atoms with Gasteiger partial charge in [0.05, 0.1) is 5.52 Å². The first-order chi connectivity index (χ1) is 6.20. The monoisotopic (exact) mass is 194 g/mol. The van der Waals surface area contributed by atoms with E-state index in [1.54, 1.807) is 0 Å². The second-order valence-corrected chi connectivity index (χ2v) is 3.30. The van der Waals surface area contributed by atoms with E-state index in [9.17, 15) is 0 Å². The van der Waals surface area contributed by atoms with Crippen molar-refractivity contribution in [2.24, 2.45) is 0 Å². The molecule has 2 aromatic rings. The molecule has 1 heterocycles. The molecular formula is C9H10N2OS. The summed E-state index contributed by atoms with van der Waals surface area (Å²) in [6, 6.07) is 3.74. The Morgan fingerprint density at radius 2 is 2.31 bits per heavy atom. The predicted molar refractivity (Wildman–Crippen MR) is 55.2 cm³/mol. The number of anilines is 1. The van der Waals surface area contributed by atoms with E-state index in [1.807, 2.05) is 12.1 Å². The first-order valence-electron chi connectivity index (χ1n) is 4.12. The van der Waals surface area contributed by atoms with E-state index in [0.717, 1.165) is 28.8 Å². The van der Waals surface area contributed by atoms with E-state index >= 15 is 0 Å². The minimum atomic E-state index is 0.398. The molecular weight excluding hydrogens is 184 g/mol. The number of fused-ring (bicyclic) bond motifs is 1. The first kappa shape index (κ1) is 8.31. The second-order valence-electron chi connectivity index (χ2n) is 2.92. The van der Waals surface area contributed by atoms with Gasteiger partial charge in [-0.3, -0.25) is 0 Å². The molecule has 0 unspecified atom stereocenters. The lowest BCUT2D eigenvalue weighted by Gasteiger charge is -1.98. The summed E-state index contributed by atoms with van der Waals surface area (Å²) in [6.07, 6.45) is 0.887. The number of hydrogen-bond donors (Lipinski definition) is 2. The topological polar surface area (TPSA) is 55.0 Å². The SMILES string of the molecule is CCc1cc(N)cc2[nH]c(=S)oc12. The molecule has 0 aliphatic heterocycles. The van der Waals surface area contributed by atoms with Gasteiger partial charge in [-0.15, -0.1) is 0 Å². The second kappa shape index (κ2) is 2.88. The van der Waals surface area contributed by atoms with Gasteiger partial charge in [0.1, 0.15) is 0 Å². The average Bonchev–Trinajstić information content (AvgIpc) is 2.43. The Morgan fingerprint density at radius 3 is 3.00 bits per heavy atom. The maximum absolute atomic E-state index is 5.71. The quantitative estimate of drug-likeness (QED) is 0.542. The van der Waals surface area contributed by atoms with Crippen LogP contribution in [0.3, 0.4) is 0 Å². The molecule has 4 heteroatoms. The molecule has 0 radical (unpaired) electrons. The van der Waals surface area contributed by atoms with Gasteiger partial charge in [-0.05, 0) is 36.3 Å². The van der Waals surface area contributed by atoms with Crippen LogP contribution in [-0.2, 0) is 6.42 Å². The van der Waals surface area contributed by atoms with Crippen molar-refractivity contribution in [1.29, 1.82) is 0 Å². The summed E-state index contributed by atoms with van der Waals surface area (Å²) >= 11 is 4.90. The molecule has 0 atom stereocenters. The number of hydrogen-bond acceptors (Lipinski definition) is 3. The Morgan fingerprint density at radius 1 is 1.54 bits per heavy atom. The molecule has 13 heavy (non-hydrogen) atoms. The smallest absolute Gasteiger partial charge is 0.266 e. The molecule has 68 valence electrons. The van der Waals surface area contributed by atoms with Gasteiger partial charge in [-0.2, -0.15) is 0 Å². The van der Waals surface area contributed by atoms with Crippen LogP contribution in [0.25, 0.3) is 11.1 Å². The van der Waals surface area contributed by atoms with Crippen LogP contribution < -0.4 is 5.73 Å². The minimum Gasteiger partial charge on any atom is -0.429 e. The molecule has 1 aromatic heterocycles. The normalized spacial score (nSPS) is 10.8. The average molecular weight is 194 g/mol. The number of aromatic amines is 1. The predicted octanol–water partition coefficient (Wildman–Crippen LogP) is 2.63. The fraction of sp³-hybridized carbons (Fsp3) is 0.222. The maximum atomic E-state index is 5.71. The van der Waals surface area contributed by atoms with Crippen LogP contribution in [0.1, 0.15) is 12.5 Å². The van der Waals surface area contributed by atoms with Gasteiger partial charge in [0.2, 0.25) is 0 Å². The van der Waals surface area contributed by atoms with Crippen molar-refractivity contribution in [2.45, 2.75) is 13.3 Å². The van der Waals surface area contributed by atoms with Crippen molar-refractivity contribution in [2.75, 3.05) is 5.73 Å². The van der Waals surface area contributed by atoms with E-state index in [-0.39, 0.29) is 0 Å². The number of nitrogens with one attached hydrogen (secondary N) is 1. The Hall–Kier alpha value is -1.29. The highest BCUT2D eigenvalue weighted by Gasteiger charge is 2.05. The number of aryl methyl sites for hydroxylation is 1. The Balaban J connectivity index is 2.88. The zero-order valence-corrected chi connectivity index (χ0v) is 8.07. The molecule has 0 amide bonds. The highest BCUT2D eigenvalue weighted by molar-refractivity contribution is 7.71. The summed E-state index contributed by atoms with van der Waals surface area (Å²) < 4.78 is 5.35. The standard InChI is InChI=1S/C9H10N2OS/c1-2-5-3-6(10)4-7-8(5)12-9(13)11-7/h3-4H,2,10H2,1H3,(H,11,13). The van der Waals surface area contributed by atoms with E-state index in [4.69, 9.17) is 22.4 Å². The molecule has 0 fully saturated rings. The fourth-order valence-corrected chi connectivity index (χ4v) is 1.61. The van der Waals surface area contributed by atoms with Gasteiger partial charge in [0, 0.05) is 5.69 Å². The van der Waals surface area contributed by atoms with Crippen LogP contribution >= 0.6 is 12.2 Å². The van der Waals surface area contributed by atoms with E-state index < -0.39 is 0 Å². The third-order valence-electron chi connectivity index (χ3n) is 2.00. The summed E-state index contributed by atoms with van der Waals surface area (Å²) in [6.45, 7) is 2.06. The molecule has 0 spiro atoms. The summed E-state index contributed by atoms with van der Waals surface area (Å²) in [5, 5.41) is 0. The minimum absolute atomic E-state index is 0.398. The van der Waals surface area contributed by atoms with Crippen LogP contribution in [0.2, 0.25) is 0 Å². The number of benzene rings is 1. The lowest BCUT2D eigenvalue weighted by atomic mass is 10.1. The van der Waals surface area contributed by atoms with Crippen molar-refractivity contribution in [3.8, 4) is 0 Å². The molecule has 2 rings (SSSR count). The van der Waals surface area contributed by atoms with Gasteiger partial charge in [-0.25, -0.2) is 0 Å². The first-order valence-corrected chi connectivity index (χ1v) is 4.52. The number of nitrogens with two attached hydrogens (primary N) is 1. The Kier molecular flexibility index (Phi) is 1.84. The highest BCUT2D eigenvalue weighted by atomic mass is 32.1. The van der Waals surface area contributed by atoms with Gasteiger partial charge in [-0.1, -0.05) is 6.92 Å². The van der Waals surface area contributed by atoms with E-state index in [2.05, 4.69) is 11.9 Å². The van der Waals surface area contributed by atoms with Crippen molar-refractivity contribution in [3.63, 3.8) is 0 Å². The fourth-order valence-electron chi connectivity index (χ4n) is 1.42. The molecule has 0 aliphatic carbocycles. The van der Waals surface area contributed by atoms with Gasteiger partial charge in [0.25, 0.3) is 4.84 Å². The van der Waals surface area contributed by atoms with Crippen molar-refractivity contribution in [3.05, 3.63) is 22.5 Å². The van der Waals surface area contributed by atoms with E-state index in [1.165, 1.54) is 0 Å². The summed E-state index contributed by atoms with van der Waals surface area (Å²) in [5.41, 5.74) is 9.23. The zero-order valence-electron chi connectivity index (χ0n) is 7.26. The van der Waals surface area contributed by atoms with Crippen LogP contribution in [0, 0.1) is 4.84 Å². The summed E-state index contributed by atoms with van der Waals surface area (Å²) in [4.78, 5) is 3.34. The van der Waals surface area contributed by atoms with E-state index in [0.29, 0.717) is 4.84 Å². The summed E-state index contributed by atoms with van der Waals surface area (Å²) in [7, 11) is 0. The van der Waals surface area contributed by atoms with Crippen LogP contribution in [0.4, 0.5) is 5.69 Å². The van der Waals surface area contributed by atoms with Crippen LogP contribution in [0.5, 0.6) is 0 Å². The zero-order chi connectivity index (χ0) is 9.42. The van der Waals surface area contributed by atoms with Crippen LogP contribution in [-0.4, -0.2) is 4.98 Å². The van der Waals surface area contributed by atoms with Gasteiger partial charge < -0.3 is 15.1 Å². The molecule has 3 nitrogen and oxygen atoms in total. The molecule has 3 N–H and O–H groups in total. The van der Waals surface area contributed by atoms with Gasteiger partial charge in [0.15, 0.2) is 5.58 Å². The highest BCUT2D eigenvalue weighted by Crippen LogP contribution is 2.22. The molecule has 0 bridgehead atoms. The Labute approximate surface area is 80.6 Å². The van der Waals surface area contributed by atoms with Crippen molar-refractivity contribution < 1.29 is 4.42 Å². The number of H-pyrrole nitrogens is 1. The number of rotatable bonds is 1. The lowest BCUT2D eigenvalue weighted by molar-refractivity contribution is 0.580. The molecule has 0 aliphatic rings. The third-order valence-corrected chi connectivity index (χ3v) is 2.19. The molecule has 0 saturated heterocycles.